The highest BCUT2D eigenvalue weighted by Crippen LogP contribution is 1.90. The van der Waals surface area contributed by atoms with Crippen LogP contribution < -0.4 is 11.5 Å². The molecule has 0 aromatic rings. The minimum absolute atomic E-state index is 0.0694. The molecular weight excluding hydrogens is 116 g/mol. The fourth-order valence-corrected chi connectivity index (χ4v) is 0.555. The maximum atomic E-state index is 10.8. The molecule has 0 aromatic heterocycles. The lowest BCUT2D eigenvalue weighted by Gasteiger charge is -2.04. The van der Waals surface area contributed by atoms with Gasteiger partial charge in [0.2, 0.25) is 0 Å². The van der Waals surface area contributed by atoms with Crippen LogP contribution in [0.4, 0.5) is 0 Å². The van der Waals surface area contributed by atoms with Gasteiger partial charge in [0.15, 0.2) is 5.78 Å². The molecule has 0 saturated carbocycles. The fourth-order valence-electron chi connectivity index (χ4n) is 0.555. The van der Waals surface area contributed by atoms with Gasteiger partial charge in [-0.3, -0.25) is 4.79 Å². The zero-order chi connectivity index (χ0) is 7.28. The average Bonchev–Trinajstić information content (AvgIpc) is 1.87. The van der Waals surface area contributed by atoms with Crippen molar-refractivity contribution in [1.29, 1.82) is 0 Å². The summed E-state index contributed by atoms with van der Waals surface area (Å²) in [6, 6.07) is -0.298. The van der Waals surface area contributed by atoms with Gasteiger partial charge in [0.25, 0.3) is 0 Å². The Labute approximate surface area is 55.4 Å². The largest absolute Gasteiger partial charge is 0.330 e. The number of nitrogens with two attached hydrogens (primary N) is 2. The van der Waals surface area contributed by atoms with Gasteiger partial charge in [0.05, 0.1) is 6.04 Å². The molecule has 1 atom stereocenters. The van der Waals surface area contributed by atoms with Crippen LogP contribution in [0.2, 0.25) is 0 Å². The standard InChI is InChI=1S/C6H14N2O/c1-2-5(8)6(9)3-4-7/h5H,2-4,7-8H2,1H3. The van der Waals surface area contributed by atoms with Crippen molar-refractivity contribution < 1.29 is 4.79 Å². The number of carbonyl (C=O) groups excluding carboxylic acids is 1. The Morgan fingerprint density at radius 3 is 2.56 bits per heavy atom. The molecule has 0 fully saturated rings. The Bertz CT molecular complexity index is 93.1. The van der Waals surface area contributed by atoms with Crippen molar-refractivity contribution in [2.24, 2.45) is 11.5 Å². The van der Waals surface area contributed by atoms with Gasteiger partial charge >= 0.3 is 0 Å². The van der Waals surface area contributed by atoms with Crippen LogP contribution >= 0.6 is 0 Å². The molecule has 0 aliphatic rings. The Morgan fingerprint density at radius 1 is 1.67 bits per heavy atom. The van der Waals surface area contributed by atoms with Crippen LogP contribution in [0, 0.1) is 0 Å². The first-order valence-electron chi connectivity index (χ1n) is 3.20. The van der Waals surface area contributed by atoms with Crippen molar-refractivity contribution in [3.8, 4) is 0 Å². The van der Waals surface area contributed by atoms with Gasteiger partial charge in [-0.1, -0.05) is 6.92 Å². The van der Waals surface area contributed by atoms with Crippen LogP contribution in [-0.2, 0) is 4.79 Å². The highest BCUT2D eigenvalue weighted by atomic mass is 16.1. The summed E-state index contributed by atoms with van der Waals surface area (Å²) in [5.74, 6) is 0.0694. The van der Waals surface area contributed by atoms with Crippen molar-refractivity contribution in [1.82, 2.24) is 0 Å². The van der Waals surface area contributed by atoms with E-state index in [0.717, 1.165) is 0 Å². The Hall–Kier alpha value is -0.410. The number of Topliss-reactive ketones (excluding diaryl/α,β-unsaturated/α-hetero) is 1. The summed E-state index contributed by atoms with van der Waals surface area (Å²) in [5, 5.41) is 0. The van der Waals surface area contributed by atoms with Crippen molar-refractivity contribution in [2.75, 3.05) is 6.54 Å². The predicted octanol–water partition coefficient (Wildman–Crippen LogP) is -0.358. The van der Waals surface area contributed by atoms with Crippen molar-refractivity contribution in [2.45, 2.75) is 25.8 Å². The van der Waals surface area contributed by atoms with Gasteiger partial charge in [0.1, 0.15) is 0 Å². The second-order valence-electron chi connectivity index (χ2n) is 2.02. The summed E-state index contributed by atoms with van der Waals surface area (Å²) in [6.07, 6.45) is 1.12. The minimum atomic E-state index is -0.298. The molecule has 3 heteroatoms. The van der Waals surface area contributed by atoms with E-state index in [1.54, 1.807) is 0 Å². The van der Waals surface area contributed by atoms with Gasteiger partial charge in [-0.05, 0) is 13.0 Å². The molecule has 0 aliphatic heterocycles. The summed E-state index contributed by atoms with van der Waals surface area (Å²) < 4.78 is 0. The van der Waals surface area contributed by atoms with Crippen LogP contribution in [-0.4, -0.2) is 18.4 Å². The third-order valence-electron chi connectivity index (χ3n) is 1.24. The number of ketones is 1. The van der Waals surface area contributed by atoms with E-state index >= 15 is 0 Å². The van der Waals surface area contributed by atoms with E-state index in [9.17, 15) is 4.79 Å². The normalized spacial score (nSPS) is 13.2. The Morgan fingerprint density at radius 2 is 2.22 bits per heavy atom. The smallest absolute Gasteiger partial charge is 0.150 e. The Kier molecular flexibility index (Phi) is 4.26. The molecule has 54 valence electrons. The SMILES string of the molecule is CCC(N)C(=O)CCN. The number of rotatable bonds is 4. The second kappa shape index (κ2) is 4.47. The lowest BCUT2D eigenvalue weighted by Crippen LogP contribution is -2.30. The molecule has 0 amide bonds. The van der Waals surface area contributed by atoms with Crippen LogP contribution in [0.5, 0.6) is 0 Å². The summed E-state index contributed by atoms with van der Waals surface area (Å²) in [6.45, 7) is 2.30. The van der Waals surface area contributed by atoms with Crippen LogP contribution in [0.15, 0.2) is 0 Å². The second-order valence-corrected chi connectivity index (χ2v) is 2.02. The van der Waals surface area contributed by atoms with E-state index in [1.165, 1.54) is 0 Å². The minimum Gasteiger partial charge on any atom is -0.330 e. The van der Waals surface area contributed by atoms with Crippen molar-refractivity contribution in [3.63, 3.8) is 0 Å². The summed E-state index contributed by atoms with van der Waals surface area (Å²) in [5.41, 5.74) is 10.5. The first kappa shape index (κ1) is 8.59. The van der Waals surface area contributed by atoms with Crippen LogP contribution in [0.1, 0.15) is 19.8 Å². The Balaban J connectivity index is 3.46. The molecule has 0 heterocycles. The number of hydrogen-bond donors (Lipinski definition) is 2. The quantitative estimate of drug-likeness (QED) is 0.546. The summed E-state index contributed by atoms with van der Waals surface area (Å²) in [7, 11) is 0. The van der Waals surface area contributed by atoms with Gasteiger partial charge in [-0.15, -0.1) is 0 Å². The van der Waals surface area contributed by atoms with Crippen LogP contribution in [0.25, 0.3) is 0 Å². The topological polar surface area (TPSA) is 69.1 Å². The molecule has 9 heavy (non-hydrogen) atoms. The number of hydrogen-bond acceptors (Lipinski definition) is 3. The van der Waals surface area contributed by atoms with E-state index in [0.29, 0.717) is 19.4 Å². The lowest BCUT2D eigenvalue weighted by molar-refractivity contribution is -0.120. The van der Waals surface area contributed by atoms with Crippen molar-refractivity contribution >= 4 is 5.78 Å². The third kappa shape index (κ3) is 3.21. The number of carbonyl (C=O) groups is 1. The molecule has 0 aromatic carbocycles. The first-order chi connectivity index (χ1) is 4.22. The molecule has 0 rings (SSSR count). The lowest BCUT2D eigenvalue weighted by atomic mass is 10.1. The van der Waals surface area contributed by atoms with E-state index in [1.807, 2.05) is 6.92 Å². The molecule has 4 N–H and O–H groups in total. The first-order valence-corrected chi connectivity index (χ1v) is 3.20. The van der Waals surface area contributed by atoms with Crippen molar-refractivity contribution in [3.05, 3.63) is 0 Å². The molecule has 0 saturated heterocycles. The molecule has 0 spiro atoms. The van der Waals surface area contributed by atoms with Gasteiger partial charge < -0.3 is 11.5 Å². The van der Waals surface area contributed by atoms with E-state index in [4.69, 9.17) is 11.5 Å². The average molecular weight is 130 g/mol. The molecule has 3 nitrogen and oxygen atoms in total. The third-order valence-corrected chi connectivity index (χ3v) is 1.24. The fraction of sp³-hybridized carbons (Fsp3) is 0.833. The zero-order valence-electron chi connectivity index (χ0n) is 5.76. The van der Waals surface area contributed by atoms with E-state index in [2.05, 4.69) is 0 Å². The van der Waals surface area contributed by atoms with E-state index < -0.39 is 0 Å². The highest BCUT2D eigenvalue weighted by Gasteiger charge is 2.08. The monoisotopic (exact) mass is 130 g/mol. The molecule has 0 radical (unpaired) electrons. The van der Waals surface area contributed by atoms with E-state index in [-0.39, 0.29) is 11.8 Å². The van der Waals surface area contributed by atoms with Gasteiger partial charge in [-0.25, -0.2) is 0 Å². The van der Waals surface area contributed by atoms with Gasteiger partial charge in [-0.2, -0.15) is 0 Å². The molecule has 1 unspecified atom stereocenters. The highest BCUT2D eigenvalue weighted by molar-refractivity contribution is 5.83. The molecule has 0 bridgehead atoms. The predicted molar refractivity (Wildman–Crippen MR) is 36.9 cm³/mol. The molecule has 0 aliphatic carbocycles. The van der Waals surface area contributed by atoms with Crippen LogP contribution in [0.3, 0.4) is 0 Å². The van der Waals surface area contributed by atoms with Gasteiger partial charge in [0, 0.05) is 6.42 Å². The summed E-state index contributed by atoms with van der Waals surface area (Å²) >= 11 is 0. The maximum Gasteiger partial charge on any atom is 0.150 e. The maximum absolute atomic E-state index is 10.8. The summed E-state index contributed by atoms with van der Waals surface area (Å²) in [4.78, 5) is 10.8. The molecular formula is C6H14N2O. The zero-order valence-corrected chi connectivity index (χ0v) is 5.76.